The van der Waals surface area contributed by atoms with Crippen LogP contribution in [0.15, 0.2) is 34.8 Å². The van der Waals surface area contributed by atoms with E-state index in [1.807, 2.05) is 0 Å². The van der Waals surface area contributed by atoms with E-state index in [0.717, 1.165) is 0 Å². The molecule has 0 bridgehead atoms. The van der Waals surface area contributed by atoms with E-state index in [1.54, 1.807) is 21.0 Å². The Morgan fingerprint density at radius 2 is 1.94 bits per heavy atom. The van der Waals surface area contributed by atoms with Gasteiger partial charge in [-0.05, 0) is 57.5 Å². The van der Waals surface area contributed by atoms with Crippen molar-refractivity contribution in [3.63, 3.8) is 0 Å². The molecule has 2 unspecified atom stereocenters. The summed E-state index contributed by atoms with van der Waals surface area (Å²) in [7, 11) is 3.12. The van der Waals surface area contributed by atoms with Gasteiger partial charge in [0.1, 0.15) is 29.5 Å². The van der Waals surface area contributed by atoms with Crippen LogP contribution in [0.4, 0.5) is 10.1 Å². The lowest BCUT2D eigenvalue weighted by molar-refractivity contribution is -0.148. The zero-order chi connectivity index (χ0) is 26.0. The van der Waals surface area contributed by atoms with Crippen molar-refractivity contribution in [2.45, 2.75) is 37.5 Å². The molecule has 0 spiro atoms. The molecule has 7 N–H and O–H groups in total. The molecule has 0 saturated heterocycles. The van der Waals surface area contributed by atoms with Crippen LogP contribution in [0.25, 0.3) is 0 Å². The second kappa shape index (κ2) is 8.35. The number of ketones is 2. The Balaban J connectivity index is 1.92. The zero-order valence-electron chi connectivity index (χ0n) is 19.5. The standard InChI is InChI=1S/C24H28FN3O7/c1-9(8-25)27-13-4-5-14(29)16-11(13)6-10-7-12-18(28(2)3)20(31)17(23(26)34)22(33)24(12,35)21(32)15(10)19(16)30/h4-5,9-10,12,18,27,29,31-32,35H,6-8H2,1-3H3,(H2,26,34)/t9?,10-,12-,18?,24+/m0/s1. The van der Waals surface area contributed by atoms with Gasteiger partial charge < -0.3 is 31.5 Å². The summed E-state index contributed by atoms with van der Waals surface area (Å²) in [5, 5.41) is 47.0. The molecular formula is C24H28FN3O7. The van der Waals surface area contributed by atoms with Crippen LogP contribution in [0.5, 0.6) is 5.75 Å². The number of nitrogens with one attached hydrogen (secondary N) is 1. The highest BCUT2D eigenvalue weighted by Crippen LogP contribution is 2.52. The maximum Gasteiger partial charge on any atom is 0.255 e. The number of carbonyl (C=O) groups is 3. The number of phenolic OH excluding ortho intramolecular Hbond substituents is 1. The van der Waals surface area contributed by atoms with Crippen molar-refractivity contribution < 1.29 is 39.2 Å². The number of allylic oxidation sites excluding steroid dienone is 1. The molecule has 10 nitrogen and oxygen atoms in total. The number of nitrogens with zero attached hydrogens (tertiary/aromatic N) is 1. The van der Waals surface area contributed by atoms with Crippen LogP contribution in [0, 0.1) is 11.8 Å². The summed E-state index contributed by atoms with van der Waals surface area (Å²) >= 11 is 0. The number of hydrogen-bond donors (Lipinski definition) is 6. The van der Waals surface area contributed by atoms with Gasteiger partial charge in [0.2, 0.25) is 5.78 Å². The van der Waals surface area contributed by atoms with Crippen LogP contribution in [0.3, 0.4) is 0 Å². The predicted octanol–water partition coefficient (Wildman–Crippen LogP) is 0.890. The molecule has 0 fully saturated rings. The number of aromatic hydroxyl groups is 1. The van der Waals surface area contributed by atoms with Crippen molar-refractivity contribution in [1.29, 1.82) is 0 Å². The molecule has 0 aliphatic heterocycles. The summed E-state index contributed by atoms with van der Waals surface area (Å²) in [6.07, 6.45) is 0.115. The Bertz CT molecular complexity index is 1210. The Morgan fingerprint density at radius 1 is 1.29 bits per heavy atom. The number of phenols is 1. The van der Waals surface area contributed by atoms with Crippen LogP contribution < -0.4 is 11.1 Å². The van der Waals surface area contributed by atoms with E-state index in [2.05, 4.69) is 5.32 Å². The summed E-state index contributed by atoms with van der Waals surface area (Å²) in [6.45, 7) is 0.942. The third kappa shape index (κ3) is 3.41. The fourth-order valence-electron chi connectivity index (χ4n) is 5.69. The molecule has 188 valence electrons. The van der Waals surface area contributed by atoms with Gasteiger partial charge in [0.25, 0.3) is 5.91 Å². The number of carbonyl (C=O) groups excluding carboxylic acids is 3. The Labute approximate surface area is 200 Å². The first-order chi connectivity index (χ1) is 16.4. The molecule has 1 amide bonds. The molecule has 3 aliphatic rings. The molecule has 35 heavy (non-hydrogen) atoms. The van der Waals surface area contributed by atoms with Crippen molar-refractivity contribution in [1.82, 2.24) is 4.90 Å². The number of halogens is 1. The second-order valence-electron chi connectivity index (χ2n) is 9.65. The molecule has 0 heterocycles. The van der Waals surface area contributed by atoms with Gasteiger partial charge in [-0.25, -0.2) is 4.39 Å². The minimum absolute atomic E-state index is 0.0144. The molecule has 5 atom stereocenters. The zero-order valence-corrected chi connectivity index (χ0v) is 19.5. The van der Waals surface area contributed by atoms with Crippen LogP contribution in [0.1, 0.15) is 29.3 Å². The van der Waals surface area contributed by atoms with E-state index in [-0.39, 0.29) is 29.7 Å². The van der Waals surface area contributed by atoms with Gasteiger partial charge >= 0.3 is 0 Å². The summed E-state index contributed by atoms with van der Waals surface area (Å²) in [6, 6.07) is 1.17. The van der Waals surface area contributed by atoms with Crippen LogP contribution in [-0.2, 0) is 16.0 Å². The van der Waals surface area contributed by atoms with Crippen molar-refractivity contribution in [3.05, 3.63) is 45.9 Å². The number of hydrogen-bond acceptors (Lipinski definition) is 9. The van der Waals surface area contributed by atoms with Crippen molar-refractivity contribution in [3.8, 4) is 5.75 Å². The highest BCUT2D eigenvalue weighted by Gasteiger charge is 2.63. The minimum Gasteiger partial charge on any atom is -0.510 e. The topological polar surface area (TPSA) is 173 Å². The summed E-state index contributed by atoms with van der Waals surface area (Å²) in [5.41, 5.74) is 2.27. The SMILES string of the molecule is CC(CF)Nc1ccc(O)c2c1C[C@H]1C[C@H]3C(N(C)C)C(O)=C(C(N)=O)C(=O)[C@]3(O)C(O)=C1C2=O. The van der Waals surface area contributed by atoms with Gasteiger partial charge in [-0.15, -0.1) is 0 Å². The number of aliphatic hydroxyl groups is 3. The Morgan fingerprint density at radius 3 is 2.51 bits per heavy atom. The number of primary amides is 1. The van der Waals surface area contributed by atoms with Gasteiger partial charge in [0.05, 0.1) is 17.6 Å². The molecule has 11 heteroatoms. The lowest BCUT2D eigenvalue weighted by atomic mass is 9.58. The Hall–Kier alpha value is -3.44. The fourth-order valence-corrected chi connectivity index (χ4v) is 5.69. The minimum atomic E-state index is -2.68. The summed E-state index contributed by atoms with van der Waals surface area (Å²) < 4.78 is 13.1. The number of anilines is 1. The molecule has 3 aliphatic carbocycles. The van der Waals surface area contributed by atoms with Gasteiger partial charge in [-0.1, -0.05) is 0 Å². The van der Waals surface area contributed by atoms with Crippen molar-refractivity contribution in [2.75, 3.05) is 26.1 Å². The third-order valence-corrected chi connectivity index (χ3v) is 7.24. The number of aliphatic hydroxyl groups excluding tert-OH is 2. The van der Waals surface area contributed by atoms with Crippen LogP contribution in [-0.4, -0.2) is 81.3 Å². The molecule has 4 rings (SSSR count). The van der Waals surface area contributed by atoms with E-state index in [0.29, 0.717) is 11.3 Å². The van der Waals surface area contributed by atoms with Gasteiger partial charge in [-0.3, -0.25) is 19.3 Å². The highest BCUT2D eigenvalue weighted by atomic mass is 19.1. The first-order valence-electron chi connectivity index (χ1n) is 11.2. The van der Waals surface area contributed by atoms with Crippen molar-refractivity contribution >= 4 is 23.2 Å². The van der Waals surface area contributed by atoms with Crippen molar-refractivity contribution in [2.24, 2.45) is 17.6 Å². The normalized spacial score (nSPS) is 29.0. The highest BCUT2D eigenvalue weighted by molar-refractivity contribution is 6.24. The number of alkyl halides is 1. The molecule has 0 radical (unpaired) electrons. The lowest BCUT2D eigenvalue weighted by Gasteiger charge is -2.50. The van der Waals surface area contributed by atoms with E-state index >= 15 is 0 Å². The van der Waals surface area contributed by atoms with E-state index < -0.39 is 70.8 Å². The Kier molecular flexibility index (Phi) is 5.89. The molecule has 0 saturated carbocycles. The quantitative estimate of drug-likeness (QED) is 0.259. The number of likely N-dealkylation sites (N-methyl/N-ethyl adjacent to an activating group) is 1. The van der Waals surface area contributed by atoms with E-state index in [1.165, 1.54) is 17.0 Å². The lowest BCUT2D eigenvalue weighted by Crippen LogP contribution is -2.63. The predicted molar refractivity (Wildman–Crippen MR) is 123 cm³/mol. The maximum absolute atomic E-state index is 13.5. The average molecular weight is 490 g/mol. The number of fused-ring (bicyclic) bond motifs is 3. The number of benzene rings is 1. The third-order valence-electron chi connectivity index (χ3n) is 7.24. The fraction of sp³-hybridized carbons (Fsp3) is 0.458. The van der Waals surface area contributed by atoms with Crippen LogP contribution >= 0.6 is 0 Å². The van der Waals surface area contributed by atoms with Gasteiger partial charge in [0, 0.05) is 17.2 Å². The molecular weight excluding hydrogens is 461 g/mol. The van der Waals surface area contributed by atoms with Gasteiger partial charge in [-0.2, -0.15) is 0 Å². The molecule has 0 aromatic heterocycles. The number of Topliss-reactive ketones (excluding diaryl/α,β-unsaturated/α-hetero) is 2. The second-order valence-corrected chi connectivity index (χ2v) is 9.65. The smallest absolute Gasteiger partial charge is 0.255 e. The number of amides is 1. The molecule has 1 aromatic rings. The molecule has 1 aromatic carbocycles. The monoisotopic (exact) mass is 489 g/mol. The number of nitrogens with two attached hydrogens (primary N) is 1. The van der Waals surface area contributed by atoms with E-state index in [4.69, 9.17) is 5.73 Å². The first kappa shape index (κ1) is 24.7. The summed E-state index contributed by atoms with van der Waals surface area (Å²) in [4.78, 5) is 40.2. The van der Waals surface area contributed by atoms with E-state index in [9.17, 15) is 39.2 Å². The van der Waals surface area contributed by atoms with Crippen LogP contribution in [0.2, 0.25) is 0 Å². The average Bonchev–Trinajstić information content (AvgIpc) is 2.77. The number of rotatable bonds is 5. The largest absolute Gasteiger partial charge is 0.510 e. The summed E-state index contributed by atoms with van der Waals surface area (Å²) in [5.74, 6) is -7.07. The van der Waals surface area contributed by atoms with Gasteiger partial charge in [0.15, 0.2) is 11.4 Å². The first-order valence-corrected chi connectivity index (χ1v) is 11.2. The maximum atomic E-state index is 13.5.